The number of thiophene rings is 1. The standard InChI is InChI=1S/C15H13NO4S/c1-9-5-13(14(21-9)15(17)18)20-8-10-3-4-12(19-2)11(6-10)7-16/h3-6H,8H2,1-2H3,(H,17,18). The highest BCUT2D eigenvalue weighted by atomic mass is 32.1. The van der Waals surface area contributed by atoms with E-state index in [0.29, 0.717) is 17.1 Å². The van der Waals surface area contributed by atoms with Crippen molar-refractivity contribution < 1.29 is 19.4 Å². The molecule has 0 unspecified atom stereocenters. The molecule has 0 radical (unpaired) electrons. The van der Waals surface area contributed by atoms with Gasteiger partial charge in [0.05, 0.1) is 12.7 Å². The second-order valence-corrected chi connectivity index (χ2v) is 5.55. The highest BCUT2D eigenvalue weighted by Gasteiger charge is 2.15. The Morgan fingerprint density at radius 3 is 2.76 bits per heavy atom. The van der Waals surface area contributed by atoms with Crippen LogP contribution in [0.5, 0.6) is 11.5 Å². The van der Waals surface area contributed by atoms with E-state index in [1.807, 2.05) is 13.0 Å². The maximum Gasteiger partial charge on any atom is 0.349 e. The lowest BCUT2D eigenvalue weighted by Crippen LogP contribution is -2.00. The molecule has 21 heavy (non-hydrogen) atoms. The summed E-state index contributed by atoms with van der Waals surface area (Å²) >= 11 is 1.17. The largest absolute Gasteiger partial charge is 0.495 e. The van der Waals surface area contributed by atoms with Gasteiger partial charge in [-0.2, -0.15) is 5.26 Å². The number of aromatic carboxylic acids is 1. The predicted octanol–water partition coefficient (Wildman–Crippen LogP) is 3.21. The molecule has 0 saturated carbocycles. The first-order valence-electron chi connectivity index (χ1n) is 6.08. The van der Waals surface area contributed by atoms with Crippen LogP contribution in [-0.2, 0) is 6.61 Å². The number of ether oxygens (including phenoxy) is 2. The van der Waals surface area contributed by atoms with Gasteiger partial charge >= 0.3 is 5.97 Å². The summed E-state index contributed by atoms with van der Waals surface area (Å²) in [5.41, 5.74) is 1.19. The van der Waals surface area contributed by atoms with E-state index in [2.05, 4.69) is 0 Å². The average Bonchev–Trinajstić information content (AvgIpc) is 2.86. The number of carboxylic acid groups (broad SMARTS) is 1. The molecule has 1 N–H and O–H groups in total. The highest BCUT2D eigenvalue weighted by molar-refractivity contribution is 7.14. The Morgan fingerprint density at radius 2 is 2.14 bits per heavy atom. The molecular formula is C15H13NO4S. The van der Waals surface area contributed by atoms with E-state index in [0.717, 1.165) is 10.4 Å². The number of carbonyl (C=O) groups is 1. The number of nitriles is 1. The van der Waals surface area contributed by atoms with Gasteiger partial charge in [0.1, 0.15) is 24.2 Å². The van der Waals surface area contributed by atoms with Crippen molar-refractivity contribution in [3.63, 3.8) is 0 Å². The molecule has 0 bridgehead atoms. The van der Waals surface area contributed by atoms with Gasteiger partial charge in [-0.25, -0.2) is 4.79 Å². The molecule has 2 aromatic rings. The van der Waals surface area contributed by atoms with E-state index in [1.165, 1.54) is 18.4 Å². The summed E-state index contributed by atoms with van der Waals surface area (Å²) in [4.78, 5) is 12.2. The van der Waals surface area contributed by atoms with Crippen molar-refractivity contribution >= 4 is 17.3 Å². The fourth-order valence-electron chi connectivity index (χ4n) is 1.84. The Morgan fingerprint density at radius 1 is 1.38 bits per heavy atom. The Labute approximate surface area is 126 Å². The first-order chi connectivity index (χ1) is 10.0. The maximum atomic E-state index is 11.1. The van der Waals surface area contributed by atoms with Crippen molar-refractivity contribution in [2.45, 2.75) is 13.5 Å². The Balaban J connectivity index is 2.17. The zero-order valence-corrected chi connectivity index (χ0v) is 12.4. The van der Waals surface area contributed by atoms with Crippen LogP contribution in [0.3, 0.4) is 0 Å². The third kappa shape index (κ3) is 3.33. The van der Waals surface area contributed by atoms with Crippen molar-refractivity contribution in [3.05, 3.63) is 45.1 Å². The monoisotopic (exact) mass is 303 g/mol. The molecule has 0 atom stereocenters. The fraction of sp³-hybridized carbons (Fsp3) is 0.200. The van der Waals surface area contributed by atoms with Crippen LogP contribution in [0.1, 0.15) is 25.7 Å². The third-order valence-corrected chi connectivity index (χ3v) is 3.81. The molecule has 1 aromatic carbocycles. The van der Waals surface area contributed by atoms with Gasteiger partial charge in [0, 0.05) is 4.88 Å². The molecule has 1 aromatic heterocycles. The topological polar surface area (TPSA) is 79.6 Å². The summed E-state index contributed by atoms with van der Waals surface area (Å²) in [6, 6.07) is 8.87. The third-order valence-electron chi connectivity index (χ3n) is 2.79. The first kappa shape index (κ1) is 14.9. The van der Waals surface area contributed by atoms with Gasteiger partial charge in [0.15, 0.2) is 4.88 Å². The summed E-state index contributed by atoms with van der Waals surface area (Å²) in [5.74, 6) is -0.159. The van der Waals surface area contributed by atoms with Gasteiger partial charge in [-0.15, -0.1) is 11.3 Å². The zero-order chi connectivity index (χ0) is 15.4. The Kier molecular flexibility index (Phi) is 4.45. The summed E-state index contributed by atoms with van der Waals surface area (Å²) in [7, 11) is 1.50. The quantitative estimate of drug-likeness (QED) is 0.917. The maximum absolute atomic E-state index is 11.1. The first-order valence-corrected chi connectivity index (χ1v) is 6.90. The molecule has 0 fully saturated rings. The number of benzene rings is 1. The SMILES string of the molecule is COc1ccc(COc2cc(C)sc2C(=O)O)cc1C#N. The molecule has 0 aliphatic carbocycles. The molecule has 2 rings (SSSR count). The number of methoxy groups -OCH3 is 1. The van der Waals surface area contributed by atoms with Crippen molar-refractivity contribution in [1.29, 1.82) is 5.26 Å². The summed E-state index contributed by atoms with van der Waals surface area (Å²) in [6.07, 6.45) is 0. The van der Waals surface area contributed by atoms with Gasteiger partial charge in [-0.3, -0.25) is 0 Å². The van der Waals surface area contributed by atoms with Crippen LogP contribution in [0.25, 0.3) is 0 Å². The molecule has 0 amide bonds. The van der Waals surface area contributed by atoms with Gasteiger partial charge < -0.3 is 14.6 Å². The summed E-state index contributed by atoms with van der Waals surface area (Å²) in [6.45, 7) is 2.01. The van der Waals surface area contributed by atoms with E-state index in [-0.39, 0.29) is 11.5 Å². The number of carboxylic acids is 1. The van der Waals surface area contributed by atoms with Crippen molar-refractivity contribution in [2.75, 3.05) is 7.11 Å². The van der Waals surface area contributed by atoms with Crippen LogP contribution in [0.2, 0.25) is 0 Å². The zero-order valence-electron chi connectivity index (χ0n) is 11.5. The normalized spacial score (nSPS) is 9.95. The molecule has 0 aliphatic rings. The molecule has 0 aliphatic heterocycles. The molecule has 5 nitrogen and oxygen atoms in total. The number of nitrogens with zero attached hydrogens (tertiary/aromatic N) is 1. The number of hydrogen-bond donors (Lipinski definition) is 1. The smallest absolute Gasteiger partial charge is 0.349 e. The van der Waals surface area contributed by atoms with E-state index in [9.17, 15) is 4.79 Å². The van der Waals surface area contributed by atoms with Gasteiger partial charge in [-0.1, -0.05) is 6.07 Å². The highest BCUT2D eigenvalue weighted by Crippen LogP contribution is 2.30. The Hall–Kier alpha value is -2.52. The second kappa shape index (κ2) is 6.29. The minimum absolute atomic E-state index is 0.182. The number of hydrogen-bond acceptors (Lipinski definition) is 5. The summed E-state index contributed by atoms with van der Waals surface area (Å²) < 4.78 is 10.6. The molecule has 0 spiro atoms. The van der Waals surface area contributed by atoms with Crippen LogP contribution in [0.15, 0.2) is 24.3 Å². The second-order valence-electron chi connectivity index (χ2n) is 4.29. The van der Waals surface area contributed by atoms with E-state index >= 15 is 0 Å². The van der Waals surface area contributed by atoms with Gasteiger partial charge in [0.25, 0.3) is 0 Å². The number of aryl methyl sites for hydroxylation is 1. The van der Waals surface area contributed by atoms with Gasteiger partial charge in [-0.05, 0) is 30.7 Å². The van der Waals surface area contributed by atoms with Crippen molar-refractivity contribution in [1.82, 2.24) is 0 Å². The predicted molar refractivity (Wildman–Crippen MR) is 78.1 cm³/mol. The average molecular weight is 303 g/mol. The molecule has 0 saturated heterocycles. The molecule has 108 valence electrons. The molecule has 1 heterocycles. The van der Waals surface area contributed by atoms with Crippen LogP contribution in [0.4, 0.5) is 0 Å². The van der Waals surface area contributed by atoms with E-state index < -0.39 is 5.97 Å². The van der Waals surface area contributed by atoms with Crippen LogP contribution in [-0.4, -0.2) is 18.2 Å². The van der Waals surface area contributed by atoms with Crippen molar-refractivity contribution in [2.24, 2.45) is 0 Å². The fourth-order valence-corrected chi connectivity index (χ4v) is 2.63. The van der Waals surface area contributed by atoms with Crippen LogP contribution >= 0.6 is 11.3 Å². The van der Waals surface area contributed by atoms with Gasteiger partial charge in [0.2, 0.25) is 0 Å². The van der Waals surface area contributed by atoms with Crippen molar-refractivity contribution in [3.8, 4) is 17.6 Å². The lowest BCUT2D eigenvalue weighted by atomic mass is 10.1. The lowest BCUT2D eigenvalue weighted by Gasteiger charge is -2.08. The van der Waals surface area contributed by atoms with Crippen LogP contribution < -0.4 is 9.47 Å². The molecule has 6 heteroatoms. The Bertz CT molecular complexity index is 715. The number of rotatable bonds is 5. The van der Waals surface area contributed by atoms with E-state index in [1.54, 1.807) is 24.3 Å². The summed E-state index contributed by atoms with van der Waals surface area (Å²) in [5, 5.41) is 18.1. The van der Waals surface area contributed by atoms with Crippen LogP contribution in [0, 0.1) is 18.3 Å². The minimum Gasteiger partial charge on any atom is -0.495 e. The lowest BCUT2D eigenvalue weighted by molar-refractivity contribution is 0.0697. The van der Waals surface area contributed by atoms with E-state index in [4.69, 9.17) is 19.8 Å². The molecular weight excluding hydrogens is 290 g/mol. The minimum atomic E-state index is -1.00.